The second-order valence-corrected chi connectivity index (χ2v) is 12.8. The molecule has 4 atom stereocenters. The van der Waals surface area contributed by atoms with Crippen LogP contribution < -0.4 is 10.6 Å². The summed E-state index contributed by atoms with van der Waals surface area (Å²) in [5, 5.41) is 7.50. The first kappa shape index (κ1) is 28.4. The van der Waals surface area contributed by atoms with Crippen LogP contribution in [-0.2, 0) is 27.3 Å². The highest BCUT2D eigenvalue weighted by Crippen LogP contribution is 2.59. The van der Waals surface area contributed by atoms with Crippen molar-refractivity contribution in [2.45, 2.75) is 111 Å². The van der Waals surface area contributed by atoms with E-state index in [2.05, 4.69) is 37.5 Å². The normalized spacial score (nSPS) is 27.4. The summed E-state index contributed by atoms with van der Waals surface area (Å²) in [5.41, 5.74) is 3.41. The lowest BCUT2D eigenvalue weighted by molar-refractivity contribution is -0.139. The lowest BCUT2D eigenvalue weighted by Crippen LogP contribution is -2.44. The molecular formula is C32H44N4O4. The molecule has 1 aromatic heterocycles. The molecular weight excluding hydrogens is 504 g/mol. The molecule has 2 amide bonds. The van der Waals surface area contributed by atoms with Crippen molar-refractivity contribution in [2.75, 3.05) is 11.9 Å². The standard InChI is InChI=1S/C32H44N4O4/c1-6-27(38)26-14-32-15-28(32)36(26)30(40)17-35-16-25(21(5)37)24-13-23(34-19(2)3)12-22(31(24)35)10-8-7-9-20(4)11-29(39)33-18-32/h12-13,16,19-20,26,28,34H,6-11,14-15,17-18H2,1-5H3,(H,33,39)/t20-,26-,28+,32-/m0/s1. The summed E-state index contributed by atoms with van der Waals surface area (Å²) in [6.07, 6.45) is 7.83. The van der Waals surface area contributed by atoms with E-state index in [-0.39, 0.29) is 53.3 Å². The summed E-state index contributed by atoms with van der Waals surface area (Å²) >= 11 is 0. The minimum Gasteiger partial charge on any atom is -0.383 e. The number of hydrogen-bond acceptors (Lipinski definition) is 5. The van der Waals surface area contributed by atoms with Gasteiger partial charge in [0.2, 0.25) is 11.8 Å². The number of aryl methyl sites for hydroxylation is 1. The number of benzene rings is 1. The number of ketones is 2. The number of nitrogens with one attached hydrogen (secondary N) is 2. The molecule has 0 spiro atoms. The Hall–Kier alpha value is -3.16. The van der Waals surface area contributed by atoms with Crippen LogP contribution in [0.15, 0.2) is 18.3 Å². The Morgan fingerprint density at radius 3 is 2.65 bits per heavy atom. The molecule has 1 saturated heterocycles. The Kier molecular flexibility index (Phi) is 7.81. The third-order valence-corrected chi connectivity index (χ3v) is 9.18. The van der Waals surface area contributed by atoms with E-state index < -0.39 is 6.04 Å². The smallest absolute Gasteiger partial charge is 0.243 e. The molecule has 3 aliphatic rings. The highest BCUT2D eigenvalue weighted by Gasteiger charge is 2.66. The van der Waals surface area contributed by atoms with Gasteiger partial charge in [-0.2, -0.15) is 0 Å². The lowest BCUT2D eigenvalue weighted by Gasteiger charge is -2.27. The summed E-state index contributed by atoms with van der Waals surface area (Å²) in [4.78, 5) is 54.4. The zero-order valence-corrected chi connectivity index (χ0v) is 24.6. The van der Waals surface area contributed by atoms with E-state index in [0.717, 1.165) is 54.3 Å². The largest absolute Gasteiger partial charge is 0.383 e. The fraction of sp³-hybridized carbons (Fsp3) is 0.625. The monoisotopic (exact) mass is 548 g/mol. The molecule has 216 valence electrons. The van der Waals surface area contributed by atoms with Crippen molar-refractivity contribution in [1.29, 1.82) is 0 Å². The maximum absolute atomic E-state index is 14.0. The number of rotatable bonds is 5. The number of carbonyl (C=O) groups is 4. The van der Waals surface area contributed by atoms with E-state index >= 15 is 0 Å². The van der Waals surface area contributed by atoms with Gasteiger partial charge in [-0.25, -0.2) is 0 Å². The quantitative estimate of drug-likeness (QED) is 0.519. The zero-order chi connectivity index (χ0) is 28.8. The first-order valence-electron chi connectivity index (χ1n) is 15.1. The average Bonchev–Trinajstić information content (AvgIpc) is 3.30. The molecule has 2 fully saturated rings. The highest BCUT2D eigenvalue weighted by atomic mass is 16.2. The van der Waals surface area contributed by atoms with Crippen molar-refractivity contribution in [1.82, 2.24) is 14.8 Å². The number of aromatic nitrogens is 1. The van der Waals surface area contributed by atoms with Gasteiger partial charge in [0, 0.05) is 59.7 Å². The van der Waals surface area contributed by atoms with Gasteiger partial charge < -0.3 is 20.1 Å². The van der Waals surface area contributed by atoms with Crippen LogP contribution in [0, 0.1) is 11.3 Å². The summed E-state index contributed by atoms with van der Waals surface area (Å²) in [6.45, 7) is 10.3. The molecule has 1 aliphatic carbocycles. The first-order valence-corrected chi connectivity index (χ1v) is 15.1. The zero-order valence-electron chi connectivity index (χ0n) is 24.6. The molecule has 2 aromatic rings. The van der Waals surface area contributed by atoms with Crippen LogP contribution in [0.25, 0.3) is 10.9 Å². The van der Waals surface area contributed by atoms with Gasteiger partial charge in [-0.05, 0) is 70.1 Å². The van der Waals surface area contributed by atoms with E-state index in [1.54, 1.807) is 6.92 Å². The molecule has 1 aromatic carbocycles. The third kappa shape index (κ3) is 5.41. The van der Waals surface area contributed by atoms with Gasteiger partial charge in [0.15, 0.2) is 11.6 Å². The second-order valence-electron chi connectivity index (χ2n) is 12.8. The van der Waals surface area contributed by atoms with Crippen molar-refractivity contribution in [2.24, 2.45) is 11.3 Å². The minimum absolute atomic E-state index is 0.0306. The van der Waals surface area contributed by atoms with Gasteiger partial charge in [-0.15, -0.1) is 0 Å². The van der Waals surface area contributed by atoms with Crippen LogP contribution in [0.5, 0.6) is 0 Å². The Morgan fingerprint density at radius 2 is 1.95 bits per heavy atom. The lowest BCUT2D eigenvalue weighted by atomic mass is 9.95. The van der Waals surface area contributed by atoms with E-state index in [1.165, 1.54) is 0 Å². The maximum Gasteiger partial charge on any atom is 0.243 e. The molecule has 3 heterocycles. The fourth-order valence-corrected chi connectivity index (χ4v) is 7.10. The Balaban J connectivity index is 1.58. The Morgan fingerprint density at radius 1 is 1.18 bits per heavy atom. The van der Waals surface area contributed by atoms with Crippen molar-refractivity contribution in [3.8, 4) is 0 Å². The number of Topliss-reactive ketones (excluding diaryl/α,β-unsaturated/α-hetero) is 2. The third-order valence-electron chi connectivity index (χ3n) is 9.18. The number of hydrogen-bond donors (Lipinski definition) is 2. The maximum atomic E-state index is 14.0. The van der Waals surface area contributed by atoms with E-state index in [9.17, 15) is 19.2 Å². The second kappa shape index (κ2) is 11.0. The predicted molar refractivity (Wildman–Crippen MR) is 156 cm³/mol. The summed E-state index contributed by atoms with van der Waals surface area (Å²) in [5.74, 6) is 0.282. The van der Waals surface area contributed by atoms with Gasteiger partial charge in [0.25, 0.3) is 0 Å². The van der Waals surface area contributed by atoms with Crippen LogP contribution in [-0.4, -0.2) is 57.5 Å². The van der Waals surface area contributed by atoms with E-state index in [1.807, 2.05) is 28.7 Å². The SMILES string of the molecule is CCC(=O)[C@@H]1C[C@]23CNC(=O)C[C@@H](C)CCCCc4cc(NC(C)C)cc5c(C(C)=O)cn(c45)CC(=O)N1[C@@H]2C3. The number of anilines is 1. The van der Waals surface area contributed by atoms with E-state index in [0.29, 0.717) is 31.4 Å². The van der Waals surface area contributed by atoms with Crippen LogP contribution in [0.4, 0.5) is 5.69 Å². The molecule has 5 rings (SSSR count). The van der Waals surface area contributed by atoms with Crippen molar-refractivity contribution < 1.29 is 19.2 Å². The van der Waals surface area contributed by atoms with Crippen molar-refractivity contribution in [3.05, 3.63) is 29.5 Å². The number of carbonyl (C=O) groups excluding carboxylic acids is 4. The Bertz CT molecular complexity index is 1340. The summed E-state index contributed by atoms with van der Waals surface area (Å²) in [7, 11) is 0. The molecule has 8 heteroatoms. The molecule has 2 aliphatic heterocycles. The fourth-order valence-electron chi connectivity index (χ4n) is 7.10. The van der Waals surface area contributed by atoms with E-state index in [4.69, 9.17) is 0 Å². The summed E-state index contributed by atoms with van der Waals surface area (Å²) in [6, 6.07) is 3.93. The average molecular weight is 549 g/mol. The molecule has 1 saturated carbocycles. The molecule has 2 N–H and O–H groups in total. The number of piperidine rings is 1. The summed E-state index contributed by atoms with van der Waals surface area (Å²) < 4.78 is 1.95. The molecule has 40 heavy (non-hydrogen) atoms. The van der Waals surface area contributed by atoms with Gasteiger partial charge in [-0.1, -0.05) is 26.7 Å². The topological polar surface area (TPSA) is 101 Å². The van der Waals surface area contributed by atoms with Crippen LogP contribution in [0.2, 0.25) is 0 Å². The minimum atomic E-state index is -0.457. The molecule has 2 bridgehead atoms. The van der Waals surface area contributed by atoms with Crippen LogP contribution in [0.1, 0.15) is 95.5 Å². The van der Waals surface area contributed by atoms with Crippen molar-refractivity contribution in [3.63, 3.8) is 0 Å². The van der Waals surface area contributed by atoms with Crippen molar-refractivity contribution >= 4 is 40.0 Å². The number of amides is 2. The van der Waals surface area contributed by atoms with Gasteiger partial charge in [-0.3, -0.25) is 19.2 Å². The van der Waals surface area contributed by atoms with Crippen LogP contribution in [0.3, 0.4) is 0 Å². The first-order chi connectivity index (χ1) is 19.0. The van der Waals surface area contributed by atoms with Gasteiger partial charge in [0.05, 0.1) is 11.6 Å². The molecule has 0 radical (unpaired) electrons. The van der Waals surface area contributed by atoms with Gasteiger partial charge in [0.1, 0.15) is 6.54 Å². The Labute approximate surface area is 237 Å². The predicted octanol–water partition coefficient (Wildman–Crippen LogP) is 4.87. The molecule has 0 unspecified atom stereocenters. The van der Waals surface area contributed by atoms with Crippen LogP contribution >= 0.6 is 0 Å². The molecule has 8 nitrogen and oxygen atoms in total. The number of nitrogens with zero attached hydrogens (tertiary/aromatic N) is 2. The highest BCUT2D eigenvalue weighted by molar-refractivity contribution is 6.09. The van der Waals surface area contributed by atoms with Gasteiger partial charge >= 0.3 is 0 Å².